The summed E-state index contributed by atoms with van der Waals surface area (Å²) in [6.45, 7) is 1.31. The smallest absolute Gasteiger partial charge is 0.0733 e. The summed E-state index contributed by atoms with van der Waals surface area (Å²) in [6.07, 6.45) is 1.80. The van der Waals surface area contributed by atoms with E-state index in [1.54, 1.807) is 13.3 Å². The van der Waals surface area contributed by atoms with E-state index in [-0.39, 0.29) is 0 Å². The van der Waals surface area contributed by atoms with Crippen molar-refractivity contribution >= 4 is 21.6 Å². The van der Waals surface area contributed by atoms with Gasteiger partial charge in [-0.3, -0.25) is 4.98 Å². The molecule has 1 heterocycles. The van der Waals surface area contributed by atoms with Gasteiger partial charge in [-0.25, -0.2) is 0 Å². The normalized spacial score (nSPS) is 10.3. The van der Waals surface area contributed by atoms with Crippen molar-refractivity contribution in [2.45, 2.75) is 13.2 Å². The highest BCUT2D eigenvalue weighted by Crippen LogP contribution is 2.17. The van der Waals surface area contributed by atoms with E-state index in [4.69, 9.17) is 4.74 Å². The molecule has 0 aliphatic rings. The highest BCUT2D eigenvalue weighted by atomic mass is 79.9. The molecule has 0 saturated heterocycles. The molecular formula is C14H15BrN2O. The summed E-state index contributed by atoms with van der Waals surface area (Å²) in [5.41, 5.74) is 3.24. The van der Waals surface area contributed by atoms with Crippen molar-refractivity contribution in [1.29, 1.82) is 0 Å². The van der Waals surface area contributed by atoms with Crippen molar-refractivity contribution in [3.63, 3.8) is 0 Å². The third-order valence-corrected chi connectivity index (χ3v) is 3.03. The lowest BCUT2D eigenvalue weighted by atomic mass is 10.2. The van der Waals surface area contributed by atoms with Gasteiger partial charge in [-0.1, -0.05) is 18.2 Å². The molecule has 0 unspecified atom stereocenters. The first-order valence-corrected chi connectivity index (χ1v) is 6.50. The fourth-order valence-corrected chi connectivity index (χ4v) is 1.91. The van der Waals surface area contributed by atoms with Crippen LogP contribution in [0.15, 0.2) is 47.1 Å². The number of ether oxygens (including phenoxy) is 1. The van der Waals surface area contributed by atoms with Crippen molar-refractivity contribution < 1.29 is 4.74 Å². The summed E-state index contributed by atoms with van der Waals surface area (Å²) in [7, 11) is 1.70. The summed E-state index contributed by atoms with van der Waals surface area (Å²) in [4.78, 5) is 4.33. The summed E-state index contributed by atoms with van der Waals surface area (Å²) >= 11 is 3.37. The monoisotopic (exact) mass is 306 g/mol. The molecule has 1 aromatic heterocycles. The second-order valence-corrected chi connectivity index (χ2v) is 4.83. The Labute approximate surface area is 115 Å². The van der Waals surface area contributed by atoms with Gasteiger partial charge in [-0.2, -0.15) is 0 Å². The average Bonchev–Trinajstić information content (AvgIpc) is 2.40. The van der Waals surface area contributed by atoms with Crippen LogP contribution in [-0.2, 0) is 17.9 Å². The molecule has 3 nitrogen and oxygen atoms in total. The molecule has 2 aromatic rings. The largest absolute Gasteiger partial charge is 0.380 e. The van der Waals surface area contributed by atoms with Crippen LogP contribution in [0.5, 0.6) is 0 Å². The van der Waals surface area contributed by atoms with Crippen molar-refractivity contribution in [3.8, 4) is 0 Å². The van der Waals surface area contributed by atoms with E-state index >= 15 is 0 Å². The number of hydrogen-bond acceptors (Lipinski definition) is 3. The predicted molar refractivity (Wildman–Crippen MR) is 76.4 cm³/mol. The summed E-state index contributed by atoms with van der Waals surface area (Å²) in [5.74, 6) is 0. The molecule has 0 aliphatic heterocycles. The number of nitrogens with one attached hydrogen (secondary N) is 1. The van der Waals surface area contributed by atoms with Crippen LogP contribution >= 0.6 is 15.9 Å². The van der Waals surface area contributed by atoms with Gasteiger partial charge in [0.25, 0.3) is 0 Å². The zero-order valence-corrected chi connectivity index (χ0v) is 11.8. The Hall–Kier alpha value is -1.39. The molecule has 18 heavy (non-hydrogen) atoms. The van der Waals surface area contributed by atoms with Gasteiger partial charge in [0.05, 0.1) is 18.8 Å². The number of benzene rings is 1. The van der Waals surface area contributed by atoms with Crippen LogP contribution in [0.25, 0.3) is 0 Å². The van der Waals surface area contributed by atoms with Gasteiger partial charge in [-0.05, 0) is 34.1 Å². The Kier molecular flexibility index (Phi) is 4.73. The molecule has 2 rings (SSSR count). The zero-order valence-electron chi connectivity index (χ0n) is 10.2. The maximum atomic E-state index is 5.17. The van der Waals surface area contributed by atoms with E-state index < -0.39 is 0 Å². The van der Waals surface area contributed by atoms with Crippen LogP contribution in [0.4, 0.5) is 5.69 Å². The minimum absolute atomic E-state index is 0.608. The second kappa shape index (κ2) is 6.52. The molecule has 0 atom stereocenters. The molecular weight excluding hydrogens is 292 g/mol. The van der Waals surface area contributed by atoms with Crippen LogP contribution < -0.4 is 5.32 Å². The minimum Gasteiger partial charge on any atom is -0.380 e. The van der Waals surface area contributed by atoms with Crippen LogP contribution in [0.3, 0.4) is 0 Å². The lowest BCUT2D eigenvalue weighted by molar-refractivity contribution is 0.185. The van der Waals surface area contributed by atoms with Gasteiger partial charge < -0.3 is 10.1 Å². The molecule has 0 radical (unpaired) electrons. The molecule has 0 aliphatic carbocycles. The highest BCUT2D eigenvalue weighted by molar-refractivity contribution is 9.10. The number of pyridine rings is 1. The highest BCUT2D eigenvalue weighted by Gasteiger charge is 2.01. The van der Waals surface area contributed by atoms with Gasteiger partial charge in [0, 0.05) is 29.0 Å². The first-order chi connectivity index (χ1) is 8.79. The number of nitrogens with zero attached hydrogens (tertiary/aromatic N) is 1. The van der Waals surface area contributed by atoms with Crippen molar-refractivity contribution in [2.75, 3.05) is 12.4 Å². The van der Waals surface area contributed by atoms with Crippen molar-refractivity contribution in [2.24, 2.45) is 0 Å². The minimum atomic E-state index is 0.608. The zero-order chi connectivity index (χ0) is 12.8. The van der Waals surface area contributed by atoms with E-state index in [1.165, 1.54) is 0 Å². The number of para-hydroxylation sites is 1. The molecule has 0 fully saturated rings. The Morgan fingerprint density at radius 3 is 2.78 bits per heavy atom. The molecule has 1 N–H and O–H groups in total. The SMILES string of the molecule is COCc1ccccc1NCc1ccc(Br)cn1. The fraction of sp³-hybridized carbons (Fsp3) is 0.214. The number of hydrogen-bond donors (Lipinski definition) is 1. The van der Waals surface area contributed by atoms with E-state index in [0.29, 0.717) is 13.2 Å². The van der Waals surface area contributed by atoms with E-state index in [9.17, 15) is 0 Å². The molecule has 0 spiro atoms. The third-order valence-electron chi connectivity index (χ3n) is 2.57. The molecule has 94 valence electrons. The molecule has 0 saturated carbocycles. The predicted octanol–water partition coefficient (Wildman–Crippen LogP) is 3.60. The number of rotatable bonds is 5. The number of aromatic nitrogens is 1. The van der Waals surface area contributed by atoms with Crippen molar-refractivity contribution in [1.82, 2.24) is 4.98 Å². The maximum Gasteiger partial charge on any atom is 0.0733 e. The summed E-state index contributed by atoms with van der Waals surface area (Å²) in [5, 5.41) is 3.38. The van der Waals surface area contributed by atoms with Gasteiger partial charge in [-0.15, -0.1) is 0 Å². The van der Waals surface area contributed by atoms with Crippen LogP contribution in [0, 0.1) is 0 Å². The topological polar surface area (TPSA) is 34.1 Å². The Balaban J connectivity index is 2.03. The van der Waals surface area contributed by atoms with Crippen LogP contribution in [0.2, 0.25) is 0 Å². The molecule has 1 aromatic carbocycles. The van der Waals surface area contributed by atoms with Crippen LogP contribution in [0.1, 0.15) is 11.3 Å². The fourth-order valence-electron chi connectivity index (χ4n) is 1.67. The van der Waals surface area contributed by atoms with E-state index in [2.05, 4.69) is 32.3 Å². The lowest BCUT2D eigenvalue weighted by Crippen LogP contribution is -2.04. The Morgan fingerprint density at radius 1 is 1.22 bits per heavy atom. The average molecular weight is 307 g/mol. The van der Waals surface area contributed by atoms with Gasteiger partial charge >= 0.3 is 0 Å². The van der Waals surface area contributed by atoms with Gasteiger partial charge in [0.15, 0.2) is 0 Å². The summed E-state index contributed by atoms with van der Waals surface area (Å²) < 4.78 is 6.17. The first-order valence-electron chi connectivity index (χ1n) is 5.71. The number of methoxy groups -OCH3 is 1. The molecule has 0 bridgehead atoms. The van der Waals surface area contributed by atoms with E-state index in [1.807, 2.05) is 30.3 Å². The maximum absolute atomic E-state index is 5.17. The Morgan fingerprint density at radius 2 is 2.06 bits per heavy atom. The number of anilines is 1. The second-order valence-electron chi connectivity index (χ2n) is 3.91. The van der Waals surface area contributed by atoms with E-state index in [0.717, 1.165) is 21.4 Å². The van der Waals surface area contributed by atoms with Gasteiger partial charge in [0.1, 0.15) is 0 Å². The first kappa shape index (κ1) is 13.1. The Bertz CT molecular complexity index is 499. The number of halogens is 1. The molecule has 4 heteroatoms. The van der Waals surface area contributed by atoms with Crippen molar-refractivity contribution in [3.05, 3.63) is 58.3 Å². The quantitative estimate of drug-likeness (QED) is 0.916. The standard InChI is InChI=1S/C14H15BrN2O/c1-18-10-11-4-2-3-5-14(11)17-9-13-7-6-12(15)8-16-13/h2-8,17H,9-10H2,1H3. The lowest BCUT2D eigenvalue weighted by Gasteiger charge is -2.11. The molecule has 0 amide bonds. The third kappa shape index (κ3) is 3.55. The van der Waals surface area contributed by atoms with Gasteiger partial charge in [0.2, 0.25) is 0 Å². The van der Waals surface area contributed by atoms with Crippen LogP contribution in [-0.4, -0.2) is 12.1 Å². The summed E-state index contributed by atoms with van der Waals surface area (Å²) in [6, 6.07) is 12.1.